The first kappa shape index (κ1) is 36.0. The van der Waals surface area contributed by atoms with E-state index in [0.717, 1.165) is 12.8 Å². The van der Waals surface area contributed by atoms with Gasteiger partial charge in [-0.25, -0.2) is 0 Å². The van der Waals surface area contributed by atoms with Gasteiger partial charge < -0.3 is 5.32 Å². The largest absolute Gasteiger partial charge is 0.375 e. The predicted molar refractivity (Wildman–Crippen MR) is 237 cm³/mol. The second-order valence-electron chi connectivity index (χ2n) is 18.7. The molecule has 1 heteroatoms. The Balaban J connectivity index is 1.13. The van der Waals surface area contributed by atoms with Gasteiger partial charge in [0.2, 0.25) is 0 Å². The molecule has 1 nitrogen and oxygen atoms in total. The first-order chi connectivity index (χ1) is 26.3. The van der Waals surface area contributed by atoms with E-state index in [9.17, 15) is 0 Å². The molecule has 0 heterocycles. The minimum Gasteiger partial charge on any atom is -0.375 e. The van der Waals surface area contributed by atoms with Gasteiger partial charge in [0.05, 0.1) is 5.54 Å². The van der Waals surface area contributed by atoms with Crippen LogP contribution in [-0.2, 0) is 21.8 Å². The highest BCUT2D eigenvalue weighted by molar-refractivity contribution is 5.95. The van der Waals surface area contributed by atoms with Crippen molar-refractivity contribution in [1.82, 2.24) is 0 Å². The van der Waals surface area contributed by atoms with Crippen LogP contribution in [0.3, 0.4) is 0 Å². The van der Waals surface area contributed by atoms with Gasteiger partial charge in [-0.05, 0) is 145 Å². The molecule has 6 aromatic rings. The zero-order valence-electron chi connectivity index (χ0n) is 34.9. The van der Waals surface area contributed by atoms with Crippen molar-refractivity contribution in [3.8, 4) is 33.4 Å². The molecule has 3 aliphatic carbocycles. The third-order valence-electron chi connectivity index (χ3n) is 14.8. The summed E-state index contributed by atoms with van der Waals surface area (Å²) in [5.74, 6) is 0.636. The topological polar surface area (TPSA) is 12.0 Å². The molecule has 1 N–H and O–H groups in total. The van der Waals surface area contributed by atoms with Crippen molar-refractivity contribution in [2.45, 2.75) is 129 Å². The van der Waals surface area contributed by atoms with E-state index in [1.807, 2.05) is 0 Å². The smallest absolute Gasteiger partial charge is 0.0620 e. The zero-order chi connectivity index (χ0) is 38.7. The van der Waals surface area contributed by atoms with Gasteiger partial charge in [-0.3, -0.25) is 0 Å². The Bertz CT molecular complexity index is 2510. The van der Waals surface area contributed by atoms with Gasteiger partial charge in [-0.15, -0.1) is 0 Å². The number of hydrogen-bond donors (Lipinski definition) is 1. The third-order valence-corrected chi connectivity index (χ3v) is 14.8. The molecule has 1 unspecified atom stereocenters. The summed E-state index contributed by atoms with van der Waals surface area (Å²) >= 11 is 0. The van der Waals surface area contributed by atoms with Gasteiger partial charge in [0.15, 0.2) is 0 Å². The van der Waals surface area contributed by atoms with Crippen molar-refractivity contribution in [2.24, 2.45) is 0 Å². The number of fused-ring (bicyclic) bond motifs is 10. The van der Waals surface area contributed by atoms with E-state index in [-0.39, 0.29) is 21.8 Å². The highest BCUT2D eigenvalue weighted by Crippen LogP contribution is 2.59. The van der Waals surface area contributed by atoms with Crippen molar-refractivity contribution in [2.75, 3.05) is 5.32 Å². The summed E-state index contributed by atoms with van der Waals surface area (Å²) in [4.78, 5) is 0. The lowest BCUT2D eigenvalue weighted by Gasteiger charge is -2.36. The average Bonchev–Trinajstić information content (AvgIpc) is 3.66. The lowest BCUT2D eigenvalue weighted by atomic mass is 9.77. The van der Waals surface area contributed by atoms with E-state index in [1.165, 1.54) is 114 Å². The van der Waals surface area contributed by atoms with Gasteiger partial charge in [0.1, 0.15) is 0 Å². The van der Waals surface area contributed by atoms with Crippen LogP contribution in [0.2, 0.25) is 0 Å². The summed E-state index contributed by atoms with van der Waals surface area (Å²) < 4.78 is 0. The van der Waals surface area contributed by atoms with Crippen molar-refractivity contribution < 1.29 is 0 Å². The van der Waals surface area contributed by atoms with Crippen LogP contribution in [0.15, 0.2) is 103 Å². The summed E-state index contributed by atoms with van der Waals surface area (Å²) in [5.41, 5.74) is 21.0. The molecule has 280 valence electrons. The highest BCUT2D eigenvalue weighted by Gasteiger charge is 2.45. The van der Waals surface area contributed by atoms with Crippen molar-refractivity contribution in [3.63, 3.8) is 0 Å². The fourth-order valence-corrected chi connectivity index (χ4v) is 11.2. The van der Waals surface area contributed by atoms with E-state index in [0.29, 0.717) is 5.92 Å². The maximum atomic E-state index is 4.10. The third kappa shape index (κ3) is 5.03. The van der Waals surface area contributed by atoms with Crippen LogP contribution < -0.4 is 5.32 Å². The van der Waals surface area contributed by atoms with Crippen molar-refractivity contribution >= 4 is 16.5 Å². The number of nitrogens with one attached hydrogen (secondary N) is 1. The van der Waals surface area contributed by atoms with E-state index in [2.05, 4.69) is 178 Å². The second-order valence-corrected chi connectivity index (χ2v) is 18.7. The first-order valence-electron chi connectivity index (χ1n) is 21.2. The van der Waals surface area contributed by atoms with E-state index >= 15 is 0 Å². The second kappa shape index (κ2) is 12.4. The Morgan fingerprint density at radius 1 is 0.509 bits per heavy atom. The SMILES string of the molecule is CCCC(CC)c1ccc2c(c1)C(C)(C)c1cc3c(cc1-2)C(C)(C)c1cc2c(cc1-3)C(C)(C)c1cc(C(CC)(CC)Nc3cccc4ccccc34)ccc1-2. The highest BCUT2D eigenvalue weighted by atomic mass is 15.0. The number of anilines is 1. The van der Waals surface area contributed by atoms with Crippen LogP contribution in [-0.4, -0.2) is 0 Å². The molecule has 0 saturated heterocycles. The lowest BCUT2D eigenvalue weighted by molar-refractivity contribution is 0.454. The molecule has 0 spiro atoms. The van der Waals surface area contributed by atoms with Crippen LogP contribution in [0.25, 0.3) is 44.2 Å². The molecular formula is C54H59N. The Hall–Kier alpha value is -4.62. The Kier molecular flexibility index (Phi) is 8.15. The summed E-state index contributed by atoms with van der Waals surface area (Å²) in [5, 5.41) is 6.65. The standard InChI is InChI=1S/C54H59N/c1-11-18-33(12-2)35-23-25-38-40-29-48-42(31-46(40)51(5,6)44(38)27-35)43-32-47-41(30-49(43)53(48,9)10)39-26-24-36(28-45(39)52(47,7)8)54(13-3,14-4)55-50-22-17-20-34-19-15-16-21-37(34)50/h15-17,19-33,55H,11-14,18H2,1-10H3. The average molecular weight is 722 g/mol. The molecular weight excluding hydrogens is 663 g/mol. The molecule has 9 rings (SSSR count). The monoisotopic (exact) mass is 721 g/mol. The van der Waals surface area contributed by atoms with Crippen molar-refractivity contribution in [1.29, 1.82) is 0 Å². The molecule has 6 aromatic carbocycles. The number of benzene rings is 6. The lowest BCUT2D eigenvalue weighted by Crippen LogP contribution is -2.34. The molecule has 0 amide bonds. The van der Waals surface area contributed by atoms with E-state index < -0.39 is 0 Å². The molecule has 55 heavy (non-hydrogen) atoms. The maximum Gasteiger partial charge on any atom is 0.0620 e. The maximum absolute atomic E-state index is 4.10. The van der Waals surface area contributed by atoms with E-state index in [4.69, 9.17) is 0 Å². The van der Waals surface area contributed by atoms with Gasteiger partial charge in [-0.1, -0.05) is 148 Å². The molecule has 0 saturated carbocycles. The van der Waals surface area contributed by atoms with Crippen LogP contribution in [0.1, 0.15) is 152 Å². The van der Waals surface area contributed by atoms with Crippen LogP contribution >= 0.6 is 0 Å². The Morgan fingerprint density at radius 3 is 1.55 bits per heavy atom. The molecule has 1 atom stereocenters. The van der Waals surface area contributed by atoms with Gasteiger partial charge >= 0.3 is 0 Å². The quantitative estimate of drug-likeness (QED) is 0.157. The normalized spacial score (nSPS) is 16.9. The number of rotatable bonds is 9. The van der Waals surface area contributed by atoms with Crippen LogP contribution in [0.5, 0.6) is 0 Å². The van der Waals surface area contributed by atoms with Crippen molar-refractivity contribution in [3.05, 3.63) is 148 Å². The molecule has 0 radical (unpaired) electrons. The zero-order valence-corrected chi connectivity index (χ0v) is 34.9. The van der Waals surface area contributed by atoms with Crippen LogP contribution in [0, 0.1) is 0 Å². The summed E-state index contributed by atoms with van der Waals surface area (Å²) in [6.07, 6.45) is 5.69. The minimum atomic E-state index is -0.175. The summed E-state index contributed by atoms with van der Waals surface area (Å²) in [7, 11) is 0. The van der Waals surface area contributed by atoms with Gasteiger partial charge in [0.25, 0.3) is 0 Å². The first-order valence-corrected chi connectivity index (χ1v) is 21.2. The Morgan fingerprint density at radius 2 is 1.00 bits per heavy atom. The molecule has 0 bridgehead atoms. The fourth-order valence-electron chi connectivity index (χ4n) is 11.2. The predicted octanol–water partition coefficient (Wildman–Crippen LogP) is 15.2. The summed E-state index contributed by atoms with van der Waals surface area (Å²) in [6, 6.07) is 40.6. The van der Waals surface area contributed by atoms with Crippen LogP contribution in [0.4, 0.5) is 5.69 Å². The van der Waals surface area contributed by atoms with E-state index in [1.54, 1.807) is 0 Å². The molecule has 0 aromatic heterocycles. The molecule has 3 aliphatic rings. The molecule has 0 fully saturated rings. The summed E-state index contributed by atoms with van der Waals surface area (Å²) in [6.45, 7) is 24.1. The molecule has 0 aliphatic heterocycles. The van der Waals surface area contributed by atoms with Gasteiger partial charge in [-0.2, -0.15) is 0 Å². The minimum absolute atomic E-state index is 0.0408. The number of hydrogen-bond acceptors (Lipinski definition) is 1. The fraction of sp³-hybridized carbons (Fsp3) is 0.370. The van der Waals surface area contributed by atoms with Gasteiger partial charge in [0, 0.05) is 27.3 Å². The Labute approximate surface area is 330 Å².